The fourth-order valence-electron chi connectivity index (χ4n) is 3.72. The zero-order valence-corrected chi connectivity index (χ0v) is 16.3. The molecule has 0 spiro atoms. The first kappa shape index (κ1) is 21.4. The van der Waals surface area contributed by atoms with Gasteiger partial charge in [-0.25, -0.2) is 0 Å². The number of rotatable bonds is 8. The van der Waals surface area contributed by atoms with E-state index in [1.54, 1.807) is 18.2 Å². The van der Waals surface area contributed by atoms with Crippen molar-refractivity contribution in [1.29, 1.82) is 0 Å². The van der Waals surface area contributed by atoms with Crippen LogP contribution in [0, 0.1) is 5.92 Å². The molecule has 1 fully saturated rings. The Bertz CT molecular complexity index is 682. The molecule has 0 aromatic heterocycles. The van der Waals surface area contributed by atoms with Gasteiger partial charge in [-0.2, -0.15) is 0 Å². The van der Waals surface area contributed by atoms with E-state index >= 15 is 0 Å². The van der Waals surface area contributed by atoms with E-state index < -0.39 is 17.6 Å². The normalized spacial score (nSPS) is 23.3. The lowest BCUT2D eigenvalue weighted by Crippen LogP contribution is -2.57. The SMILES string of the molecule is CNC(=O)CC(CCC=O)C(=O)N[C@@]1(c2cccc(Cl)c2)CCCCC1O. The third-order valence-corrected chi connectivity index (χ3v) is 5.50. The van der Waals surface area contributed by atoms with Gasteiger partial charge in [-0.1, -0.05) is 36.6 Å². The van der Waals surface area contributed by atoms with Crippen molar-refractivity contribution in [2.24, 2.45) is 5.92 Å². The van der Waals surface area contributed by atoms with E-state index in [1.807, 2.05) is 6.07 Å². The van der Waals surface area contributed by atoms with Gasteiger partial charge in [0, 0.05) is 30.8 Å². The molecular formula is C20H27ClN2O4. The number of carbonyl (C=O) groups is 3. The van der Waals surface area contributed by atoms with Crippen molar-refractivity contribution in [3.8, 4) is 0 Å². The molecule has 3 N–H and O–H groups in total. The summed E-state index contributed by atoms with van der Waals surface area (Å²) in [7, 11) is 1.51. The van der Waals surface area contributed by atoms with Gasteiger partial charge in [0.15, 0.2) is 0 Å². The molecule has 6 nitrogen and oxygen atoms in total. The van der Waals surface area contributed by atoms with Crippen molar-refractivity contribution in [2.75, 3.05) is 7.05 Å². The van der Waals surface area contributed by atoms with Gasteiger partial charge in [0.25, 0.3) is 0 Å². The number of nitrogens with one attached hydrogen (secondary N) is 2. The van der Waals surface area contributed by atoms with Crippen LogP contribution >= 0.6 is 11.6 Å². The standard InChI is InChI=1S/C20H27ClN2O4/c1-22-18(26)12-14(6-5-11-24)19(27)23-20(10-3-2-9-17(20)25)15-7-4-8-16(21)13-15/h4,7-8,11,13-14,17,25H,2-3,5-6,9-10,12H2,1H3,(H,22,26)(H,23,27)/t14?,17?,20-/m1/s1. The molecule has 2 amide bonds. The van der Waals surface area contributed by atoms with Crippen LogP contribution < -0.4 is 10.6 Å². The van der Waals surface area contributed by atoms with Gasteiger partial charge in [0.1, 0.15) is 6.29 Å². The van der Waals surface area contributed by atoms with Crippen LogP contribution in [0.5, 0.6) is 0 Å². The van der Waals surface area contributed by atoms with Crippen LogP contribution in [0.15, 0.2) is 24.3 Å². The van der Waals surface area contributed by atoms with Crippen LogP contribution in [0.2, 0.25) is 5.02 Å². The van der Waals surface area contributed by atoms with E-state index in [1.165, 1.54) is 7.05 Å². The van der Waals surface area contributed by atoms with Crippen molar-refractivity contribution in [2.45, 2.75) is 56.6 Å². The largest absolute Gasteiger partial charge is 0.390 e. The number of aliphatic hydroxyl groups excluding tert-OH is 1. The topological polar surface area (TPSA) is 95.5 Å². The maximum atomic E-state index is 13.0. The van der Waals surface area contributed by atoms with Gasteiger partial charge in [-0.15, -0.1) is 0 Å². The van der Waals surface area contributed by atoms with Crippen LogP contribution in [-0.4, -0.2) is 36.4 Å². The Kier molecular flexibility index (Phi) is 7.80. The highest BCUT2D eigenvalue weighted by Crippen LogP contribution is 2.38. The highest BCUT2D eigenvalue weighted by molar-refractivity contribution is 6.30. The molecule has 1 aliphatic rings. The molecule has 0 saturated heterocycles. The quantitative estimate of drug-likeness (QED) is 0.589. The maximum Gasteiger partial charge on any atom is 0.224 e. The number of hydrogen-bond donors (Lipinski definition) is 3. The lowest BCUT2D eigenvalue weighted by Gasteiger charge is -2.43. The number of hydrogen-bond acceptors (Lipinski definition) is 4. The summed E-state index contributed by atoms with van der Waals surface area (Å²) in [6, 6.07) is 7.14. The Balaban J connectivity index is 2.31. The molecular weight excluding hydrogens is 368 g/mol. The maximum absolute atomic E-state index is 13.0. The predicted molar refractivity (Wildman–Crippen MR) is 103 cm³/mol. The monoisotopic (exact) mass is 394 g/mol. The van der Waals surface area contributed by atoms with Crippen LogP contribution in [0.3, 0.4) is 0 Å². The lowest BCUT2D eigenvalue weighted by atomic mass is 9.74. The smallest absolute Gasteiger partial charge is 0.224 e. The second-order valence-corrected chi connectivity index (χ2v) is 7.49. The van der Waals surface area contributed by atoms with Crippen molar-refractivity contribution in [1.82, 2.24) is 10.6 Å². The summed E-state index contributed by atoms with van der Waals surface area (Å²) in [5, 5.41) is 16.9. The first-order valence-corrected chi connectivity index (χ1v) is 9.71. The first-order chi connectivity index (χ1) is 12.9. The second-order valence-electron chi connectivity index (χ2n) is 7.05. The summed E-state index contributed by atoms with van der Waals surface area (Å²) < 4.78 is 0. The molecule has 1 saturated carbocycles. The highest BCUT2D eigenvalue weighted by atomic mass is 35.5. The molecule has 7 heteroatoms. The molecule has 1 aromatic rings. The Morgan fingerprint density at radius 1 is 1.41 bits per heavy atom. The van der Waals surface area contributed by atoms with Gasteiger partial charge in [0.05, 0.1) is 11.6 Å². The Labute approximate surface area is 164 Å². The van der Waals surface area contributed by atoms with Crippen molar-refractivity contribution in [3.63, 3.8) is 0 Å². The molecule has 148 valence electrons. The fraction of sp³-hybridized carbons (Fsp3) is 0.550. The van der Waals surface area contributed by atoms with Gasteiger partial charge >= 0.3 is 0 Å². The zero-order valence-electron chi connectivity index (χ0n) is 15.5. The van der Waals surface area contributed by atoms with E-state index in [4.69, 9.17) is 11.6 Å². The Morgan fingerprint density at radius 3 is 2.81 bits per heavy atom. The van der Waals surface area contributed by atoms with E-state index in [2.05, 4.69) is 10.6 Å². The molecule has 0 radical (unpaired) electrons. The molecule has 3 atom stereocenters. The number of aliphatic hydroxyl groups is 1. The number of aldehydes is 1. The average molecular weight is 395 g/mol. The minimum absolute atomic E-state index is 0.00209. The molecule has 1 aliphatic carbocycles. The molecule has 27 heavy (non-hydrogen) atoms. The summed E-state index contributed by atoms with van der Waals surface area (Å²) in [4.78, 5) is 35.6. The summed E-state index contributed by atoms with van der Waals surface area (Å²) in [5.74, 6) is -1.23. The van der Waals surface area contributed by atoms with E-state index in [-0.39, 0.29) is 31.1 Å². The third kappa shape index (κ3) is 5.30. The predicted octanol–water partition coefficient (Wildman–Crippen LogP) is 2.32. The van der Waals surface area contributed by atoms with Gasteiger partial charge in [-0.05, 0) is 37.0 Å². The van der Waals surface area contributed by atoms with E-state index in [0.29, 0.717) is 17.9 Å². The van der Waals surface area contributed by atoms with E-state index in [9.17, 15) is 19.5 Å². The molecule has 1 aromatic carbocycles. The van der Waals surface area contributed by atoms with Crippen LogP contribution in [-0.2, 0) is 19.9 Å². The van der Waals surface area contributed by atoms with Crippen LogP contribution in [0.25, 0.3) is 0 Å². The van der Waals surface area contributed by atoms with Crippen molar-refractivity contribution >= 4 is 29.7 Å². The zero-order chi connectivity index (χ0) is 19.9. The van der Waals surface area contributed by atoms with Crippen LogP contribution in [0.4, 0.5) is 0 Å². The summed E-state index contributed by atoms with van der Waals surface area (Å²) >= 11 is 6.14. The number of amides is 2. The van der Waals surface area contributed by atoms with Crippen LogP contribution in [0.1, 0.15) is 50.5 Å². The number of halogens is 1. The second kappa shape index (κ2) is 9.85. The molecule has 0 aliphatic heterocycles. The number of carbonyl (C=O) groups excluding carboxylic acids is 3. The molecule has 2 unspecified atom stereocenters. The summed E-state index contributed by atoms with van der Waals surface area (Å²) in [6.07, 6.45) is 3.36. The molecule has 0 bridgehead atoms. The van der Waals surface area contributed by atoms with Gasteiger partial charge < -0.3 is 20.5 Å². The highest BCUT2D eigenvalue weighted by Gasteiger charge is 2.43. The third-order valence-electron chi connectivity index (χ3n) is 5.27. The minimum atomic E-state index is -0.942. The van der Waals surface area contributed by atoms with Gasteiger partial charge in [-0.3, -0.25) is 9.59 Å². The van der Waals surface area contributed by atoms with E-state index in [0.717, 1.165) is 24.7 Å². The minimum Gasteiger partial charge on any atom is -0.390 e. The molecule has 0 heterocycles. The summed E-state index contributed by atoms with van der Waals surface area (Å²) in [5.41, 5.74) is -0.188. The molecule has 2 rings (SSSR count). The van der Waals surface area contributed by atoms with Crippen molar-refractivity contribution in [3.05, 3.63) is 34.9 Å². The lowest BCUT2D eigenvalue weighted by molar-refractivity contribution is -0.134. The first-order valence-electron chi connectivity index (χ1n) is 9.33. The van der Waals surface area contributed by atoms with Gasteiger partial charge in [0.2, 0.25) is 11.8 Å². The fourth-order valence-corrected chi connectivity index (χ4v) is 3.91. The Morgan fingerprint density at radius 2 is 2.19 bits per heavy atom. The number of benzene rings is 1. The van der Waals surface area contributed by atoms with Crippen molar-refractivity contribution < 1.29 is 19.5 Å². The average Bonchev–Trinajstić information content (AvgIpc) is 2.66. The summed E-state index contributed by atoms with van der Waals surface area (Å²) in [6.45, 7) is 0. The Hall–Kier alpha value is -1.92.